The highest BCUT2D eigenvalue weighted by molar-refractivity contribution is 7.92. The Morgan fingerprint density at radius 2 is 1.97 bits per heavy atom. The summed E-state index contributed by atoms with van der Waals surface area (Å²) >= 11 is 0. The van der Waals surface area contributed by atoms with Crippen LogP contribution in [0.1, 0.15) is 38.7 Å². The number of nitrogens with zero attached hydrogens (tertiary/aromatic N) is 3. The van der Waals surface area contributed by atoms with Gasteiger partial charge in [-0.3, -0.25) is 0 Å². The number of ether oxygens (including phenoxy) is 1. The summed E-state index contributed by atoms with van der Waals surface area (Å²) in [6.07, 6.45) is 5.29. The van der Waals surface area contributed by atoms with Crippen LogP contribution in [-0.2, 0) is 15.5 Å². The zero-order valence-electron chi connectivity index (χ0n) is 20.7. The molecule has 1 aromatic heterocycles. The van der Waals surface area contributed by atoms with Gasteiger partial charge >= 0.3 is 0 Å². The lowest BCUT2D eigenvalue weighted by Crippen LogP contribution is -2.08. The van der Waals surface area contributed by atoms with Crippen molar-refractivity contribution in [3.8, 4) is 17.0 Å². The number of hydrogen-bond donors (Lipinski definition) is 2. The van der Waals surface area contributed by atoms with Crippen LogP contribution < -0.4 is 15.4 Å². The number of benzene rings is 2. The molecule has 10 heteroatoms. The molecular formula is C26H31F2N5O2S. The number of halogens is 2. The van der Waals surface area contributed by atoms with E-state index in [0.29, 0.717) is 35.8 Å². The highest BCUT2D eigenvalue weighted by Crippen LogP contribution is 2.31. The van der Waals surface area contributed by atoms with E-state index in [9.17, 15) is 13.0 Å². The van der Waals surface area contributed by atoms with E-state index in [1.54, 1.807) is 6.26 Å². The maximum atomic E-state index is 14.8. The van der Waals surface area contributed by atoms with Crippen molar-refractivity contribution < 1.29 is 17.7 Å². The standard InChI is InChI=1S/C26H31F2N5O2S/c1-17(2)33-36(3,34)16-18-11-20-14-21(12-18)35-10-6-4-5-9-29-24-13-19(27)7-8-22(24)25-23(28)15-30-26(31-20)32-25/h7-8,11-15,17,29H,4-6,9-10,16H2,1-3H3,(H,30,31,32). The Kier molecular flexibility index (Phi) is 8.03. The summed E-state index contributed by atoms with van der Waals surface area (Å²) in [5.74, 6) is 0.0223. The molecule has 0 saturated heterocycles. The van der Waals surface area contributed by atoms with Crippen molar-refractivity contribution >= 4 is 27.1 Å². The Hall–Kier alpha value is -3.27. The summed E-state index contributed by atoms with van der Waals surface area (Å²) in [6, 6.07) is 9.61. The molecule has 3 aromatic rings. The molecule has 2 N–H and O–H groups in total. The van der Waals surface area contributed by atoms with Gasteiger partial charge in [0.15, 0.2) is 5.82 Å². The minimum atomic E-state index is -2.45. The predicted molar refractivity (Wildman–Crippen MR) is 140 cm³/mol. The Morgan fingerprint density at radius 3 is 2.78 bits per heavy atom. The summed E-state index contributed by atoms with van der Waals surface area (Å²) in [7, 11) is -2.45. The third-order valence-electron chi connectivity index (χ3n) is 5.48. The summed E-state index contributed by atoms with van der Waals surface area (Å²) in [5.41, 5.74) is 2.38. The van der Waals surface area contributed by atoms with E-state index in [0.717, 1.165) is 31.0 Å². The van der Waals surface area contributed by atoms with Crippen LogP contribution >= 0.6 is 0 Å². The van der Waals surface area contributed by atoms with Crippen molar-refractivity contribution in [2.75, 3.05) is 30.0 Å². The van der Waals surface area contributed by atoms with Crippen LogP contribution in [0.4, 0.5) is 26.1 Å². The van der Waals surface area contributed by atoms with Crippen molar-refractivity contribution in [1.29, 1.82) is 0 Å². The van der Waals surface area contributed by atoms with E-state index in [1.807, 2.05) is 32.0 Å². The number of fused-ring (bicyclic) bond motifs is 6. The smallest absolute Gasteiger partial charge is 0.227 e. The first-order chi connectivity index (χ1) is 17.2. The minimum absolute atomic E-state index is 0.0463. The Bertz CT molecular complexity index is 1360. The molecule has 0 spiro atoms. The highest BCUT2D eigenvalue weighted by Gasteiger charge is 2.16. The Labute approximate surface area is 210 Å². The molecule has 0 fully saturated rings. The first-order valence-corrected chi connectivity index (χ1v) is 14.1. The molecule has 0 saturated carbocycles. The lowest BCUT2D eigenvalue weighted by atomic mass is 10.1. The Balaban J connectivity index is 1.75. The number of rotatable bonds is 3. The quantitative estimate of drug-likeness (QED) is 0.435. The second-order valence-corrected chi connectivity index (χ2v) is 11.6. The van der Waals surface area contributed by atoms with Gasteiger partial charge in [0.1, 0.15) is 17.3 Å². The molecule has 1 aliphatic rings. The van der Waals surface area contributed by atoms with Gasteiger partial charge in [0, 0.05) is 45.5 Å². The molecule has 4 rings (SSSR count). The molecule has 2 aromatic carbocycles. The van der Waals surface area contributed by atoms with Gasteiger partial charge in [-0.25, -0.2) is 27.3 Å². The van der Waals surface area contributed by atoms with Crippen molar-refractivity contribution in [3.05, 3.63) is 59.8 Å². The molecule has 7 nitrogen and oxygen atoms in total. The van der Waals surface area contributed by atoms with Crippen LogP contribution in [0, 0.1) is 11.6 Å². The minimum Gasteiger partial charge on any atom is -0.494 e. The van der Waals surface area contributed by atoms with E-state index in [1.165, 1.54) is 18.2 Å². The maximum Gasteiger partial charge on any atom is 0.227 e. The normalized spacial score (nSPS) is 15.6. The van der Waals surface area contributed by atoms with Crippen LogP contribution in [0.2, 0.25) is 0 Å². The molecule has 1 aliphatic heterocycles. The Morgan fingerprint density at radius 1 is 1.14 bits per heavy atom. The zero-order valence-corrected chi connectivity index (χ0v) is 21.5. The molecule has 1 atom stereocenters. The average molecular weight is 516 g/mol. The van der Waals surface area contributed by atoms with Crippen LogP contribution in [0.25, 0.3) is 11.3 Å². The molecular weight excluding hydrogens is 484 g/mol. The number of hydrogen-bond acceptors (Lipinski definition) is 7. The van der Waals surface area contributed by atoms with Gasteiger partial charge in [0.2, 0.25) is 5.95 Å². The molecule has 2 heterocycles. The van der Waals surface area contributed by atoms with E-state index < -0.39 is 21.4 Å². The monoisotopic (exact) mass is 515 g/mol. The summed E-state index contributed by atoms with van der Waals surface area (Å²) in [4.78, 5) is 8.49. The summed E-state index contributed by atoms with van der Waals surface area (Å²) in [6.45, 7) is 4.91. The van der Waals surface area contributed by atoms with Crippen LogP contribution in [0.3, 0.4) is 0 Å². The van der Waals surface area contributed by atoms with Crippen molar-refractivity contribution in [1.82, 2.24) is 9.97 Å². The fourth-order valence-electron chi connectivity index (χ4n) is 4.12. The van der Waals surface area contributed by atoms with Crippen LogP contribution in [0.15, 0.2) is 47.0 Å². The van der Waals surface area contributed by atoms with E-state index in [-0.39, 0.29) is 23.4 Å². The third kappa shape index (κ3) is 6.90. The largest absolute Gasteiger partial charge is 0.494 e. The van der Waals surface area contributed by atoms with Gasteiger partial charge < -0.3 is 15.4 Å². The van der Waals surface area contributed by atoms with E-state index >= 15 is 0 Å². The van der Waals surface area contributed by atoms with E-state index in [2.05, 4.69) is 25.0 Å². The molecule has 0 radical (unpaired) electrons. The zero-order chi connectivity index (χ0) is 25.7. The first-order valence-electron chi connectivity index (χ1n) is 12.0. The topological polar surface area (TPSA) is 88.5 Å². The van der Waals surface area contributed by atoms with Crippen LogP contribution in [-0.4, -0.2) is 39.6 Å². The molecule has 4 bridgehead atoms. The highest BCUT2D eigenvalue weighted by atomic mass is 32.2. The van der Waals surface area contributed by atoms with Gasteiger partial charge in [0.05, 0.1) is 24.6 Å². The van der Waals surface area contributed by atoms with Crippen molar-refractivity contribution in [2.24, 2.45) is 4.36 Å². The molecule has 36 heavy (non-hydrogen) atoms. The van der Waals surface area contributed by atoms with Crippen LogP contribution in [0.5, 0.6) is 5.75 Å². The number of nitrogens with one attached hydrogen (secondary N) is 2. The molecule has 1 unspecified atom stereocenters. The van der Waals surface area contributed by atoms with E-state index in [4.69, 9.17) is 4.74 Å². The lowest BCUT2D eigenvalue weighted by molar-refractivity contribution is 0.306. The maximum absolute atomic E-state index is 14.8. The first kappa shape index (κ1) is 25.8. The predicted octanol–water partition coefficient (Wildman–Crippen LogP) is 6.15. The lowest BCUT2D eigenvalue weighted by Gasteiger charge is -2.16. The molecule has 0 amide bonds. The second-order valence-electron chi connectivity index (χ2n) is 9.21. The summed E-state index contributed by atoms with van der Waals surface area (Å²) in [5, 5.41) is 6.32. The SMILES string of the molecule is CC(C)N=S(C)(=O)Cc1cc2cc(c1)OCCCCCNc1cc(F)ccc1-c1nc(ncc1F)N2. The second kappa shape index (κ2) is 11.2. The number of anilines is 3. The molecule has 192 valence electrons. The van der Waals surface area contributed by atoms with Gasteiger partial charge in [0.25, 0.3) is 0 Å². The summed E-state index contributed by atoms with van der Waals surface area (Å²) < 4.78 is 52.2. The van der Waals surface area contributed by atoms with Gasteiger partial charge in [-0.15, -0.1) is 0 Å². The van der Waals surface area contributed by atoms with Gasteiger partial charge in [-0.1, -0.05) is 0 Å². The van der Waals surface area contributed by atoms with Gasteiger partial charge in [-0.2, -0.15) is 0 Å². The number of aromatic nitrogens is 2. The molecule has 0 aliphatic carbocycles. The van der Waals surface area contributed by atoms with Gasteiger partial charge in [-0.05, 0) is 69.0 Å². The van der Waals surface area contributed by atoms with Crippen molar-refractivity contribution in [3.63, 3.8) is 0 Å². The fraction of sp³-hybridized carbons (Fsp3) is 0.385. The van der Waals surface area contributed by atoms with Crippen molar-refractivity contribution in [2.45, 2.75) is 44.9 Å². The third-order valence-corrected chi connectivity index (χ3v) is 7.21. The average Bonchev–Trinajstić information content (AvgIpc) is 2.78. The fourth-order valence-corrected chi connectivity index (χ4v) is 5.88.